The zero-order chi connectivity index (χ0) is 17.1. The summed E-state index contributed by atoms with van der Waals surface area (Å²) in [5.74, 6) is 1.66. The lowest BCUT2D eigenvalue weighted by molar-refractivity contribution is 0.174. The Kier molecular flexibility index (Phi) is 4.76. The van der Waals surface area contributed by atoms with Crippen LogP contribution < -0.4 is 19.7 Å². The highest BCUT2D eigenvalue weighted by atomic mass is 16.7. The summed E-state index contributed by atoms with van der Waals surface area (Å²) in [4.78, 5) is 2.39. The van der Waals surface area contributed by atoms with Gasteiger partial charge in [-0.2, -0.15) is 0 Å². The van der Waals surface area contributed by atoms with Gasteiger partial charge in [-0.25, -0.2) is 0 Å². The molecule has 25 heavy (non-hydrogen) atoms. The molecule has 2 aromatic carbocycles. The number of nitrogens with zero attached hydrogens (tertiary/aromatic N) is 1. The van der Waals surface area contributed by atoms with Gasteiger partial charge in [0, 0.05) is 30.9 Å². The number of aliphatic hydroxyl groups is 1. The second-order valence-electron chi connectivity index (χ2n) is 6.61. The van der Waals surface area contributed by atoms with Crippen molar-refractivity contribution in [1.29, 1.82) is 0 Å². The molecule has 1 saturated heterocycles. The third-order valence-electron chi connectivity index (χ3n) is 5.04. The Morgan fingerprint density at radius 2 is 1.80 bits per heavy atom. The highest BCUT2D eigenvalue weighted by molar-refractivity contribution is 5.57. The van der Waals surface area contributed by atoms with Crippen LogP contribution in [0.4, 0.5) is 5.69 Å². The van der Waals surface area contributed by atoms with Crippen molar-refractivity contribution in [1.82, 2.24) is 5.32 Å². The number of benzene rings is 2. The molecule has 132 valence electrons. The predicted molar refractivity (Wildman–Crippen MR) is 97.2 cm³/mol. The number of rotatable bonds is 5. The topological polar surface area (TPSA) is 54.0 Å². The van der Waals surface area contributed by atoms with Crippen molar-refractivity contribution < 1.29 is 14.6 Å². The Labute approximate surface area is 148 Å². The summed E-state index contributed by atoms with van der Waals surface area (Å²) in [7, 11) is 0. The predicted octanol–water partition coefficient (Wildman–Crippen LogP) is 2.71. The van der Waals surface area contributed by atoms with Crippen LogP contribution in [0.2, 0.25) is 0 Å². The molecule has 0 radical (unpaired) electrons. The standard InChI is InChI=1S/C20H24N2O3/c23-13-18(15-4-2-1-3-5-15)21-16-8-10-22(11-9-16)17-6-7-19-20(12-17)25-14-24-19/h1-7,12,16,18,21,23H,8-11,13-14H2/t18-/m0/s1. The first-order valence-corrected chi connectivity index (χ1v) is 8.90. The van der Waals surface area contributed by atoms with Crippen molar-refractivity contribution >= 4 is 5.69 Å². The van der Waals surface area contributed by atoms with Gasteiger partial charge >= 0.3 is 0 Å². The minimum Gasteiger partial charge on any atom is -0.454 e. The molecule has 4 rings (SSSR count). The molecule has 0 amide bonds. The van der Waals surface area contributed by atoms with Gasteiger partial charge in [-0.3, -0.25) is 0 Å². The van der Waals surface area contributed by atoms with Crippen molar-refractivity contribution in [3.63, 3.8) is 0 Å². The van der Waals surface area contributed by atoms with Crippen LogP contribution in [-0.4, -0.2) is 37.6 Å². The average molecular weight is 340 g/mol. The van der Waals surface area contributed by atoms with Gasteiger partial charge in [-0.15, -0.1) is 0 Å². The first-order valence-electron chi connectivity index (χ1n) is 8.90. The van der Waals surface area contributed by atoms with E-state index >= 15 is 0 Å². The van der Waals surface area contributed by atoms with Crippen LogP contribution in [0.15, 0.2) is 48.5 Å². The maximum Gasteiger partial charge on any atom is 0.231 e. The number of fused-ring (bicyclic) bond motifs is 1. The van der Waals surface area contributed by atoms with Gasteiger partial charge in [0.2, 0.25) is 6.79 Å². The summed E-state index contributed by atoms with van der Waals surface area (Å²) >= 11 is 0. The molecule has 0 bridgehead atoms. The summed E-state index contributed by atoms with van der Waals surface area (Å²) in [5, 5.41) is 13.3. The van der Waals surface area contributed by atoms with Gasteiger partial charge in [0.25, 0.3) is 0 Å². The zero-order valence-corrected chi connectivity index (χ0v) is 14.2. The van der Waals surface area contributed by atoms with Crippen LogP contribution >= 0.6 is 0 Å². The summed E-state index contributed by atoms with van der Waals surface area (Å²) in [6.07, 6.45) is 2.11. The van der Waals surface area contributed by atoms with E-state index in [0.717, 1.165) is 43.0 Å². The maximum atomic E-state index is 9.73. The maximum absolute atomic E-state index is 9.73. The minimum absolute atomic E-state index is 0.00305. The lowest BCUT2D eigenvalue weighted by Gasteiger charge is -2.35. The molecule has 5 heteroatoms. The molecule has 2 heterocycles. The Morgan fingerprint density at radius 1 is 1.04 bits per heavy atom. The number of nitrogens with one attached hydrogen (secondary N) is 1. The Bertz CT molecular complexity index is 699. The second kappa shape index (κ2) is 7.33. The lowest BCUT2D eigenvalue weighted by atomic mass is 10.0. The SMILES string of the molecule is OC[C@H](NC1CCN(c2ccc3c(c2)OCO3)CC1)c1ccccc1. The van der Waals surface area contributed by atoms with Crippen LogP contribution in [-0.2, 0) is 0 Å². The number of ether oxygens (including phenoxy) is 2. The molecule has 2 aliphatic rings. The minimum atomic E-state index is 0.00305. The normalized spacial score (nSPS) is 18.4. The number of anilines is 1. The number of hydrogen-bond acceptors (Lipinski definition) is 5. The molecule has 0 saturated carbocycles. The first kappa shape index (κ1) is 16.2. The van der Waals surface area contributed by atoms with Gasteiger partial charge in [-0.05, 0) is 30.5 Å². The van der Waals surface area contributed by atoms with Gasteiger partial charge in [0.1, 0.15) is 0 Å². The Hall–Kier alpha value is -2.24. The Balaban J connectivity index is 1.35. The van der Waals surface area contributed by atoms with Crippen LogP contribution in [0.3, 0.4) is 0 Å². The molecule has 2 aliphatic heterocycles. The fourth-order valence-electron chi connectivity index (χ4n) is 3.61. The zero-order valence-electron chi connectivity index (χ0n) is 14.2. The van der Waals surface area contributed by atoms with Crippen molar-refractivity contribution in [2.24, 2.45) is 0 Å². The molecular weight excluding hydrogens is 316 g/mol. The quantitative estimate of drug-likeness (QED) is 0.876. The summed E-state index contributed by atoms with van der Waals surface area (Å²) in [5.41, 5.74) is 2.33. The monoisotopic (exact) mass is 340 g/mol. The van der Waals surface area contributed by atoms with Crippen molar-refractivity contribution in [3.05, 3.63) is 54.1 Å². The van der Waals surface area contributed by atoms with Gasteiger partial charge < -0.3 is 24.8 Å². The molecule has 2 N–H and O–H groups in total. The lowest BCUT2D eigenvalue weighted by Crippen LogP contribution is -2.44. The van der Waals surface area contributed by atoms with E-state index in [1.807, 2.05) is 24.3 Å². The van der Waals surface area contributed by atoms with Crippen molar-refractivity contribution in [2.75, 3.05) is 31.4 Å². The highest BCUT2D eigenvalue weighted by Gasteiger charge is 2.23. The molecule has 0 spiro atoms. The summed E-state index contributed by atoms with van der Waals surface area (Å²) < 4.78 is 10.9. The van der Waals surface area contributed by atoms with E-state index < -0.39 is 0 Å². The largest absolute Gasteiger partial charge is 0.454 e. The van der Waals surface area contributed by atoms with Gasteiger partial charge in [0.15, 0.2) is 11.5 Å². The third-order valence-corrected chi connectivity index (χ3v) is 5.04. The smallest absolute Gasteiger partial charge is 0.231 e. The van der Waals surface area contributed by atoms with E-state index in [2.05, 4.69) is 34.5 Å². The van der Waals surface area contributed by atoms with E-state index in [1.54, 1.807) is 0 Å². The van der Waals surface area contributed by atoms with E-state index in [9.17, 15) is 5.11 Å². The van der Waals surface area contributed by atoms with E-state index in [-0.39, 0.29) is 12.6 Å². The van der Waals surface area contributed by atoms with Crippen molar-refractivity contribution in [2.45, 2.75) is 24.9 Å². The van der Waals surface area contributed by atoms with E-state index in [4.69, 9.17) is 9.47 Å². The summed E-state index contributed by atoms with van der Waals surface area (Å²) in [6.45, 7) is 2.41. The fourth-order valence-corrected chi connectivity index (χ4v) is 3.61. The molecule has 1 atom stereocenters. The van der Waals surface area contributed by atoms with Crippen LogP contribution in [0, 0.1) is 0 Å². The van der Waals surface area contributed by atoms with Crippen LogP contribution in [0.1, 0.15) is 24.4 Å². The first-order chi connectivity index (χ1) is 12.3. The molecular formula is C20H24N2O3. The van der Waals surface area contributed by atoms with E-state index in [0.29, 0.717) is 12.8 Å². The highest BCUT2D eigenvalue weighted by Crippen LogP contribution is 2.36. The molecule has 1 fully saturated rings. The second-order valence-corrected chi connectivity index (χ2v) is 6.61. The number of aliphatic hydroxyl groups excluding tert-OH is 1. The fraction of sp³-hybridized carbons (Fsp3) is 0.400. The molecule has 0 aromatic heterocycles. The Morgan fingerprint density at radius 3 is 2.56 bits per heavy atom. The third kappa shape index (κ3) is 3.57. The van der Waals surface area contributed by atoms with Crippen LogP contribution in [0.25, 0.3) is 0 Å². The molecule has 0 aliphatic carbocycles. The number of piperidine rings is 1. The molecule has 0 unspecified atom stereocenters. The molecule has 2 aromatic rings. The average Bonchev–Trinajstić information content (AvgIpc) is 3.15. The van der Waals surface area contributed by atoms with Crippen LogP contribution in [0.5, 0.6) is 11.5 Å². The van der Waals surface area contributed by atoms with Gasteiger partial charge in [0.05, 0.1) is 12.6 Å². The van der Waals surface area contributed by atoms with Crippen molar-refractivity contribution in [3.8, 4) is 11.5 Å². The molecule has 5 nitrogen and oxygen atoms in total. The van der Waals surface area contributed by atoms with E-state index in [1.165, 1.54) is 5.69 Å². The van der Waals surface area contributed by atoms with Gasteiger partial charge in [-0.1, -0.05) is 30.3 Å². The summed E-state index contributed by atoms with van der Waals surface area (Å²) in [6, 6.07) is 16.7. The number of hydrogen-bond donors (Lipinski definition) is 2.